The summed E-state index contributed by atoms with van der Waals surface area (Å²) >= 11 is 0. The molecule has 5 heteroatoms. The van der Waals surface area contributed by atoms with Gasteiger partial charge in [0.05, 0.1) is 12.8 Å². The Morgan fingerprint density at radius 1 is 1.36 bits per heavy atom. The summed E-state index contributed by atoms with van der Waals surface area (Å²) < 4.78 is 10.8. The van der Waals surface area contributed by atoms with Gasteiger partial charge in [-0.05, 0) is 49.2 Å². The van der Waals surface area contributed by atoms with Gasteiger partial charge in [-0.1, -0.05) is 6.92 Å². The van der Waals surface area contributed by atoms with Crippen molar-refractivity contribution in [3.63, 3.8) is 0 Å². The van der Waals surface area contributed by atoms with Crippen LogP contribution in [-0.2, 0) is 6.54 Å². The number of hydrogen-bond donors (Lipinski definition) is 1. The standard InChI is InChI=1S/C17H23N3O2/c1-17(11-18)7-8-20(12-17)9-14-10-22-16(19-14)13-3-5-15(21-2)6-4-13/h3-6,10H,7-9,11-12,18H2,1-2H3. The molecule has 3 rings (SSSR count). The van der Waals surface area contributed by atoms with Gasteiger partial charge in [0.2, 0.25) is 5.89 Å². The second kappa shape index (κ2) is 6.10. The first-order valence-electron chi connectivity index (χ1n) is 7.63. The van der Waals surface area contributed by atoms with E-state index in [1.165, 1.54) is 0 Å². The van der Waals surface area contributed by atoms with Gasteiger partial charge in [-0.3, -0.25) is 4.90 Å². The number of benzene rings is 1. The Kier molecular flexibility index (Phi) is 4.18. The number of aromatic nitrogens is 1. The van der Waals surface area contributed by atoms with Crippen LogP contribution in [0.5, 0.6) is 5.75 Å². The number of ether oxygens (including phenoxy) is 1. The number of nitrogens with zero attached hydrogens (tertiary/aromatic N) is 2. The molecule has 0 bridgehead atoms. The van der Waals surface area contributed by atoms with Crippen LogP contribution in [0.1, 0.15) is 19.0 Å². The van der Waals surface area contributed by atoms with Crippen LogP contribution in [0.3, 0.4) is 0 Å². The maximum Gasteiger partial charge on any atom is 0.226 e. The average molecular weight is 301 g/mol. The SMILES string of the molecule is COc1ccc(-c2nc(CN3CCC(C)(CN)C3)co2)cc1. The lowest BCUT2D eigenvalue weighted by molar-refractivity contribution is 0.272. The quantitative estimate of drug-likeness (QED) is 0.919. The Morgan fingerprint density at radius 3 is 2.77 bits per heavy atom. The van der Waals surface area contributed by atoms with Crippen molar-refractivity contribution in [2.24, 2.45) is 11.1 Å². The Labute approximate surface area is 131 Å². The fourth-order valence-corrected chi connectivity index (χ4v) is 2.90. The second-order valence-corrected chi connectivity index (χ2v) is 6.35. The number of nitrogens with two attached hydrogens (primary N) is 1. The summed E-state index contributed by atoms with van der Waals surface area (Å²) in [5.41, 5.74) is 8.02. The molecule has 2 aromatic rings. The minimum absolute atomic E-state index is 0.239. The number of likely N-dealkylation sites (tertiary alicyclic amines) is 1. The van der Waals surface area contributed by atoms with E-state index in [0.717, 1.165) is 49.6 Å². The normalized spacial score (nSPS) is 22.1. The molecule has 1 aliphatic rings. The highest BCUT2D eigenvalue weighted by Gasteiger charge is 2.32. The molecule has 1 aliphatic heterocycles. The monoisotopic (exact) mass is 301 g/mol. The van der Waals surface area contributed by atoms with Crippen molar-refractivity contribution >= 4 is 0 Å². The molecule has 1 atom stereocenters. The third-order valence-electron chi connectivity index (χ3n) is 4.40. The first-order valence-corrected chi connectivity index (χ1v) is 7.63. The maximum atomic E-state index is 5.86. The Hall–Kier alpha value is -1.85. The highest BCUT2D eigenvalue weighted by molar-refractivity contribution is 5.54. The molecule has 5 nitrogen and oxygen atoms in total. The van der Waals surface area contributed by atoms with E-state index in [4.69, 9.17) is 14.9 Å². The van der Waals surface area contributed by atoms with E-state index in [9.17, 15) is 0 Å². The number of hydrogen-bond acceptors (Lipinski definition) is 5. The van der Waals surface area contributed by atoms with Gasteiger partial charge in [-0.2, -0.15) is 0 Å². The lowest BCUT2D eigenvalue weighted by Gasteiger charge is -2.21. The van der Waals surface area contributed by atoms with Crippen LogP contribution < -0.4 is 10.5 Å². The minimum atomic E-state index is 0.239. The van der Waals surface area contributed by atoms with Gasteiger partial charge in [0.25, 0.3) is 0 Å². The van der Waals surface area contributed by atoms with Gasteiger partial charge in [0, 0.05) is 18.7 Å². The van der Waals surface area contributed by atoms with Crippen molar-refractivity contribution in [3.05, 3.63) is 36.2 Å². The maximum absolute atomic E-state index is 5.86. The van der Waals surface area contributed by atoms with Crippen LogP contribution in [0.4, 0.5) is 0 Å². The fraction of sp³-hybridized carbons (Fsp3) is 0.471. The molecular formula is C17H23N3O2. The van der Waals surface area contributed by atoms with Gasteiger partial charge in [-0.25, -0.2) is 4.98 Å². The lowest BCUT2D eigenvalue weighted by Crippen LogP contribution is -2.31. The molecule has 0 amide bonds. The molecule has 22 heavy (non-hydrogen) atoms. The largest absolute Gasteiger partial charge is 0.497 e. The minimum Gasteiger partial charge on any atom is -0.497 e. The number of oxazole rings is 1. The summed E-state index contributed by atoms with van der Waals surface area (Å²) in [5, 5.41) is 0. The smallest absolute Gasteiger partial charge is 0.226 e. The Balaban J connectivity index is 1.66. The Bertz CT molecular complexity index is 623. The summed E-state index contributed by atoms with van der Waals surface area (Å²) in [7, 11) is 1.66. The highest BCUT2D eigenvalue weighted by atomic mass is 16.5. The van der Waals surface area contributed by atoms with Gasteiger partial charge in [-0.15, -0.1) is 0 Å². The van der Waals surface area contributed by atoms with Gasteiger partial charge >= 0.3 is 0 Å². The fourth-order valence-electron chi connectivity index (χ4n) is 2.90. The molecule has 118 valence electrons. The molecule has 1 fully saturated rings. The molecule has 0 spiro atoms. The zero-order chi connectivity index (χ0) is 15.6. The van der Waals surface area contributed by atoms with Crippen molar-refractivity contribution in [1.82, 2.24) is 9.88 Å². The molecular weight excluding hydrogens is 278 g/mol. The van der Waals surface area contributed by atoms with Crippen LogP contribution in [0.2, 0.25) is 0 Å². The molecule has 2 N–H and O–H groups in total. The van der Waals surface area contributed by atoms with E-state index in [1.54, 1.807) is 13.4 Å². The van der Waals surface area contributed by atoms with Crippen LogP contribution in [0.15, 0.2) is 34.9 Å². The zero-order valence-electron chi connectivity index (χ0n) is 13.2. The zero-order valence-corrected chi connectivity index (χ0v) is 13.2. The molecule has 1 aromatic carbocycles. The molecule has 0 radical (unpaired) electrons. The van der Waals surface area contributed by atoms with Crippen LogP contribution in [0.25, 0.3) is 11.5 Å². The van der Waals surface area contributed by atoms with Crippen LogP contribution >= 0.6 is 0 Å². The lowest BCUT2D eigenvalue weighted by atomic mass is 9.90. The van der Waals surface area contributed by atoms with Gasteiger partial charge in [0.1, 0.15) is 12.0 Å². The van der Waals surface area contributed by atoms with Crippen molar-refractivity contribution in [3.8, 4) is 17.2 Å². The van der Waals surface area contributed by atoms with Crippen molar-refractivity contribution in [2.75, 3.05) is 26.7 Å². The average Bonchev–Trinajstić information content (AvgIpc) is 3.16. The summed E-state index contributed by atoms with van der Waals surface area (Å²) in [6.07, 6.45) is 2.89. The van der Waals surface area contributed by atoms with Crippen molar-refractivity contribution in [2.45, 2.75) is 19.9 Å². The Morgan fingerprint density at radius 2 is 2.14 bits per heavy atom. The first-order chi connectivity index (χ1) is 10.6. The number of rotatable bonds is 5. The number of methoxy groups -OCH3 is 1. The van der Waals surface area contributed by atoms with E-state index >= 15 is 0 Å². The highest BCUT2D eigenvalue weighted by Crippen LogP contribution is 2.30. The summed E-state index contributed by atoms with van der Waals surface area (Å²) in [5.74, 6) is 1.48. The van der Waals surface area contributed by atoms with Gasteiger partial charge < -0.3 is 14.9 Å². The topological polar surface area (TPSA) is 64.5 Å². The summed E-state index contributed by atoms with van der Waals surface area (Å²) in [4.78, 5) is 6.98. The van der Waals surface area contributed by atoms with E-state index in [-0.39, 0.29) is 5.41 Å². The van der Waals surface area contributed by atoms with E-state index in [0.29, 0.717) is 5.89 Å². The van der Waals surface area contributed by atoms with Crippen molar-refractivity contribution in [1.29, 1.82) is 0 Å². The van der Waals surface area contributed by atoms with E-state index < -0.39 is 0 Å². The third kappa shape index (κ3) is 3.15. The molecule has 1 saturated heterocycles. The van der Waals surface area contributed by atoms with E-state index in [1.807, 2.05) is 24.3 Å². The predicted molar refractivity (Wildman–Crippen MR) is 85.5 cm³/mol. The third-order valence-corrected chi connectivity index (χ3v) is 4.40. The van der Waals surface area contributed by atoms with E-state index in [2.05, 4.69) is 16.8 Å². The van der Waals surface area contributed by atoms with Gasteiger partial charge in [0.15, 0.2) is 0 Å². The predicted octanol–water partition coefficient (Wildman–Crippen LogP) is 2.52. The van der Waals surface area contributed by atoms with Crippen LogP contribution in [-0.4, -0.2) is 36.6 Å². The summed E-state index contributed by atoms with van der Waals surface area (Å²) in [6, 6.07) is 7.73. The van der Waals surface area contributed by atoms with Crippen molar-refractivity contribution < 1.29 is 9.15 Å². The van der Waals surface area contributed by atoms with Crippen LogP contribution in [0, 0.1) is 5.41 Å². The molecule has 0 saturated carbocycles. The molecule has 1 unspecified atom stereocenters. The molecule has 1 aromatic heterocycles. The second-order valence-electron chi connectivity index (χ2n) is 6.35. The molecule has 2 heterocycles. The molecule has 0 aliphatic carbocycles. The first kappa shape index (κ1) is 15.1. The summed E-state index contributed by atoms with van der Waals surface area (Å²) in [6.45, 7) is 5.89.